The van der Waals surface area contributed by atoms with Crippen LogP contribution in [0, 0.1) is 11.1 Å². The van der Waals surface area contributed by atoms with Gasteiger partial charge in [0, 0.05) is 19.8 Å². The molecule has 0 N–H and O–H groups in total. The zero-order valence-electron chi connectivity index (χ0n) is 9.42. The zero-order valence-corrected chi connectivity index (χ0v) is 9.42. The van der Waals surface area contributed by atoms with Crippen LogP contribution in [0.2, 0.25) is 0 Å². The minimum atomic E-state index is -4.32. The molecular weight excluding hydrogens is 239 g/mol. The lowest BCUT2D eigenvalue weighted by atomic mass is 10.0. The lowest BCUT2D eigenvalue weighted by Gasteiger charge is -2.10. The summed E-state index contributed by atoms with van der Waals surface area (Å²) in [6.07, 6.45) is -3.95. The maximum absolute atomic E-state index is 12.4. The Kier molecular flexibility index (Phi) is 4.36. The molecule has 17 heavy (non-hydrogen) atoms. The van der Waals surface area contributed by atoms with Crippen LogP contribution in [-0.4, -0.2) is 35.7 Å². The highest BCUT2D eigenvalue weighted by molar-refractivity contribution is 5.81. The number of nitrogens with zero attached hydrogens (tertiary/aromatic N) is 1. The topological polar surface area (TPSA) is 52.4 Å². The first kappa shape index (κ1) is 13.8. The smallest absolute Gasteiger partial charge is 0.398 e. The van der Waals surface area contributed by atoms with Crippen molar-refractivity contribution in [1.82, 2.24) is 0 Å². The predicted octanol–water partition coefficient (Wildman–Crippen LogP) is 1.86. The minimum Gasteiger partial charge on any atom is -0.624 e. The van der Waals surface area contributed by atoms with Gasteiger partial charge in [-0.05, 0) is 6.42 Å². The Morgan fingerprint density at radius 3 is 2.71 bits per heavy atom. The summed E-state index contributed by atoms with van der Waals surface area (Å²) >= 11 is 0. The molecule has 0 aliphatic carbocycles. The molecule has 7 heteroatoms. The molecule has 1 aliphatic rings. The van der Waals surface area contributed by atoms with Crippen molar-refractivity contribution in [1.29, 1.82) is 0 Å². The van der Waals surface area contributed by atoms with Gasteiger partial charge >= 0.3 is 12.1 Å². The van der Waals surface area contributed by atoms with Crippen LogP contribution >= 0.6 is 0 Å². The predicted molar refractivity (Wildman–Crippen MR) is 53.5 cm³/mol. The number of rotatable bonds is 4. The number of hydroxylamine groups is 1. The monoisotopic (exact) mass is 253 g/mol. The second-order valence-corrected chi connectivity index (χ2v) is 4.01. The lowest BCUT2D eigenvalue weighted by Crippen LogP contribution is -2.25. The summed E-state index contributed by atoms with van der Waals surface area (Å²) in [4.78, 5) is 10.4. The molecule has 1 atom stereocenters. The van der Waals surface area contributed by atoms with Crippen molar-refractivity contribution < 1.29 is 27.4 Å². The van der Waals surface area contributed by atoms with Crippen LogP contribution in [0.5, 0.6) is 0 Å². The Morgan fingerprint density at radius 1 is 1.59 bits per heavy atom. The van der Waals surface area contributed by atoms with Crippen LogP contribution < -0.4 is 0 Å². The average Bonchev–Trinajstić information content (AvgIpc) is 2.54. The number of esters is 1. The first-order valence-electron chi connectivity index (χ1n) is 5.30. The van der Waals surface area contributed by atoms with Gasteiger partial charge in [0.15, 0.2) is 12.3 Å². The van der Waals surface area contributed by atoms with Gasteiger partial charge in [-0.25, -0.2) is 4.74 Å². The molecule has 1 heterocycles. The molecule has 1 unspecified atom stereocenters. The summed E-state index contributed by atoms with van der Waals surface area (Å²) in [6, 6.07) is 0. The molecule has 0 aromatic rings. The van der Waals surface area contributed by atoms with Crippen molar-refractivity contribution in [3.05, 3.63) is 5.21 Å². The molecule has 0 spiro atoms. The number of alkyl halides is 3. The van der Waals surface area contributed by atoms with Gasteiger partial charge in [0.2, 0.25) is 0 Å². The van der Waals surface area contributed by atoms with E-state index < -0.39 is 24.6 Å². The van der Waals surface area contributed by atoms with E-state index >= 15 is 0 Å². The van der Waals surface area contributed by atoms with Crippen LogP contribution in [-0.2, 0) is 9.53 Å². The highest BCUT2D eigenvalue weighted by Crippen LogP contribution is 2.32. The Morgan fingerprint density at radius 2 is 2.24 bits per heavy atom. The maximum atomic E-state index is 12.4. The third-order valence-electron chi connectivity index (χ3n) is 2.60. The van der Waals surface area contributed by atoms with Gasteiger partial charge in [-0.3, -0.25) is 4.79 Å². The molecule has 0 amide bonds. The zero-order chi connectivity index (χ0) is 13.1. The van der Waals surface area contributed by atoms with Crippen LogP contribution in [0.25, 0.3) is 0 Å². The quantitative estimate of drug-likeness (QED) is 0.332. The summed E-state index contributed by atoms with van der Waals surface area (Å²) in [6.45, 7) is 0.859. The molecule has 0 aromatic carbocycles. The summed E-state index contributed by atoms with van der Waals surface area (Å²) < 4.78 is 42.1. The number of hydrogen-bond donors (Lipinski definition) is 0. The second-order valence-electron chi connectivity index (χ2n) is 4.01. The van der Waals surface area contributed by atoms with E-state index in [0.717, 1.165) is 0 Å². The molecule has 1 aliphatic heterocycles. The van der Waals surface area contributed by atoms with E-state index in [-0.39, 0.29) is 25.2 Å². The third kappa shape index (κ3) is 4.24. The van der Waals surface area contributed by atoms with E-state index in [9.17, 15) is 23.2 Å². The molecule has 0 bridgehead atoms. The highest BCUT2D eigenvalue weighted by Gasteiger charge is 2.47. The first-order valence-corrected chi connectivity index (χ1v) is 5.30. The number of carbonyl (C=O) groups is 1. The maximum Gasteiger partial charge on any atom is 0.398 e. The Labute approximate surface area is 96.6 Å². The molecule has 0 fully saturated rings. The van der Waals surface area contributed by atoms with E-state index in [1.54, 1.807) is 0 Å². The Balaban J connectivity index is 2.35. The fourth-order valence-corrected chi connectivity index (χ4v) is 1.72. The molecule has 0 saturated heterocycles. The van der Waals surface area contributed by atoms with Crippen molar-refractivity contribution in [3.8, 4) is 0 Å². The van der Waals surface area contributed by atoms with Gasteiger partial charge in [0.1, 0.15) is 5.92 Å². The molecule has 4 nitrogen and oxygen atoms in total. The van der Waals surface area contributed by atoms with Crippen molar-refractivity contribution in [3.63, 3.8) is 0 Å². The molecular formula is C10H14F3NO3. The van der Waals surface area contributed by atoms with Gasteiger partial charge < -0.3 is 9.94 Å². The largest absolute Gasteiger partial charge is 0.624 e. The second kappa shape index (κ2) is 5.37. The highest BCUT2D eigenvalue weighted by atomic mass is 19.4. The summed E-state index contributed by atoms with van der Waals surface area (Å²) in [5, 5.41) is 11.2. The molecule has 98 valence electrons. The van der Waals surface area contributed by atoms with Crippen LogP contribution in [0.4, 0.5) is 13.2 Å². The van der Waals surface area contributed by atoms with E-state index in [4.69, 9.17) is 0 Å². The van der Waals surface area contributed by atoms with Gasteiger partial charge in [0.05, 0.1) is 6.61 Å². The van der Waals surface area contributed by atoms with Crippen molar-refractivity contribution >= 4 is 11.7 Å². The fourth-order valence-electron chi connectivity index (χ4n) is 1.72. The molecule has 1 rings (SSSR count). The average molecular weight is 253 g/mol. The molecule has 0 aromatic heterocycles. The standard InChI is InChI=1S/C10H14F3NO3/c1-7(15)17-4-2-3-9-5-8(6-14(9)16)10(11,12)13/h8H,2-6H2,1H3. The number of hydrogen-bond acceptors (Lipinski definition) is 3. The number of ether oxygens (including phenoxy) is 1. The SMILES string of the molecule is CC(=O)OCCCC1=[N+]([O-])CC(C(F)(F)F)C1. The first-order chi connectivity index (χ1) is 7.80. The summed E-state index contributed by atoms with van der Waals surface area (Å²) in [5.74, 6) is -2.00. The Hall–Kier alpha value is -1.27. The normalized spacial score (nSPS) is 20.8. The van der Waals surface area contributed by atoms with E-state index in [2.05, 4.69) is 4.74 Å². The minimum absolute atomic E-state index is 0.128. The van der Waals surface area contributed by atoms with Gasteiger partial charge in [-0.15, -0.1) is 0 Å². The van der Waals surface area contributed by atoms with E-state index in [1.165, 1.54) is 6.92 Å². The number of halogens is 3. The summed E-state index contributed by atoms with van der Waals surface area (Å²) in [5.41, 5.74) is 0.236. The van der Waals surface area contributed by atoms with Crippen LogP contribution in [0.3, 0.4) is 0 Å². The number of carbonyl (C=O) groups excluding carboxylic acids is 1. The molecule has 0 radical (unpaired) electrons. The van der Waals surface area contributed by atoms with Crippen LogP contribution in [0.15, 0.2) is 0 Å². The van der Waals surface area contributed by atoms with E-state index in [0.29, 0.717) is 11.2 Å². The van der Waals surface area contributed by atoms with Crippen LogP contribution in [0.1, 0.15) is 26.2 Å². The van der Waals surface area contributed by atoms with Gasteiger partial charge in [0.25, 0.3) is 0 Å². The van der Waals surface area contributed by atoms with Crippen molar-refractivity contribution in [2.75, 3.05) is 13.2 Å². The van der Waals surface area contributed by atoms with Gasteiger partial charge in [-0.2, -0.15) is 13.2 Å². The van der Waals surface area contributed by atoms with Crippen molar-refractivity contribution in [2.45, 2.75) is 32.4 Å². The summed E-state index contributed by atoms with van der Waals surface area (Å²) in [7, 11) is 0. The van der Waals surface area contributed by atoms with E-state index in [1.807, 2.05) is 0 Å². The third-order valence-corrected chi connectivity index (χ3v) is 2.60. The lowest BCUT2D eigenvalue weighted by molar-refractivity contribution is -0.463. The van der Waals surface area contributed by atoms with Crippen molar-refractivity contribution in [2.24, 2.45) is 5.92 Å². The molecule has 0 saturated carbocycles. The van der Waals surface area contributed by atoms with Gasteiger partial charge in [-0.1, -0.05) is 0 Å². The Bertz CT molecular complexity index is 325. The fraction of sp³-hybridized carbons (Fsp3) is 0.800.